The van der Waals surface area contributed by atoms with Crippen molar-refractivity contribution in [3.63, 3.8) is 0 Å². The van der Waals surface area contributed by atoms with E-state index < -0.39 is 6.04 Å². The molecular weight excluding hydrogens is 300 g/mol. The quantitative estimate of drug-likeness (QED) is 0.935. The van der Waals surface area contributed by atoms with Gasteiger partial charge in [-0.3, -0.25) is 4.68 Å². The Hall–Kier alpha value is -1.10. The van der Waals surface area contributed by atoms with Crippen molar-refractivity contribution >= 4 is 23.2 Å². The fourth-order valence-corrected chi connectivity index (χ4v) is 2.71. The molecule has 1 unspecified atom stereocenters. The lowest BCUT2D eigenvalue weighted by Gasteiger charge is -2.14. The molecule has 0 aliphatic carbocycles. The van der Waals surface area contributed by atoms with Crippen molar-refractivity contribution < 1.29 is 4.39 Å². The topological polar surface area (TPSA) is 43.8 Å². The summed E-state index contributed by atoms with van der Waals surface area (Å²) >= 11 is 12.2. The maximum Gasteiger partial charge on any atom is 0.128 e. The monoisotopic (exact) mass is 315 g/mol. The standard InChI is InChI=1S/C14H16Cl2FN3/c1-3-12-14(16)13(20(2)19-12)7-11(18)9-6-8(15)4-5-10(9)17/h4-6,11H,3,7,18H2,1-2H3. The first-order valence-corrected chi connectivity index (χ1v) is 7.10. The fraction of sp³-hybridized carbons (Fsp3) is 0.357. The maximum absolute atomic E-state index is 13.8. The van der Waals surface area contributed by atoms with Crippen molar-refractivity contribution in [2.24, 2.45) is 12.8 Å². The Balaban J connectivity index is 2.30. The van der Waals surface area contributed by atoms with E-state index in [9.17, 15) is 4.39 Å². The van der Waals surface area contributed by atoms with E-state index in [1.165, 1.54) is 12.1 Å². The van der Waals surface area contributed by atoms with Gasteiger partial charge in [0.2, 0.25) is 0 Å². The van der Waals surface area contributed by atoms with Gasteiger partial charge in [0.1, 0.15) is 5.82 Å². The zero-order chi connectivity index (χ0) is 14.9. The van der Waals surface area contributed by atoms with Crippen LogP contribution in [-0.4, -0.2) is 9.78 Å². The predicted octanol–water partition coefficient (Wildman–Crippen LogP) is 3.67. The van der Waals surface area contributed by atoms with Gasteiger partial charge in [-0.1, -0.05) is 30.1 Å². The van der Waals surface area contributed by atoms with Crippen LogP contribution in [0.5, 0.6) is 0 Å². The highest BCUT2D eigenvalue weighted by Gasteiger charge is 2.19. The number of nitrogens with two attached hydrogens (primary N) is 1. The van der Waals surface area contributed by atoms with Crippen LogP contribution in [0.1, 0.15) is 29.9 Å². The van der Waals surface area contributed by atoms with Crippen molar-refractivity contribution in [2.45, 2.75) is 25.8 Å². The van der Waals surface area contributed by atoms with E-state index in [0.29, 0.717) is 22.0 Å². The van der Waals surface area contributed by atoms with Crippen LogP contribution in [0.25, 0.3) is 0 Å². The molecule has 0 saturated carbocycles. The van der Waals surface area contributed by atoms with Gasteiger partial charge in [-0.2, -0.15) is 5.10 Å². The first-order chi connectivity index (χ1) is 9.43. The van der Waals surface area contributed by atoms with E-state index in [2.05, 4.69) is 5.10 Å². The van der Waals surface area contributed by atoms with Crippen molar-refractivity contribution in [1.82, 2.24) is 9.78 Å². The molecule has 0 saturated heterocycles. The van der Waals surface area contributed by atoms with Crippen LogP contribution >= 0.6 is 23.2 Å². The average Bonchev–Trinajstić information content (AvgIpc) is 2.68. The molecule has 1 heterocycles. The summed E-state index contributed by atoms with van der Waals surface area (Å²) < 4.78 is 15.5. The molecule has 6 heteroatoms. The molecular formula is C14H16Cl2FN3. The third kappa shape index (κ3) is 2.97. The summed E-state index contributed by atoms with van der Waals surface area (Å²) in [5.41, 5.74) is 8.09. The molecule has 2 aromatic rings. The molecule has 1 atom stereocenters. The molecule has 0 amide bonds. The van der Waals surface area contributed by atoms with Crippen LogP contribution in [0.2, 0.25) is 10.0 Å². The highest BCUT2D eigenvalue weighted by atomic mass is 35.5. The Labute approximate surface area is 127 Å². The number of benzene rings is 1. The predicted molar refractivity (Wildman–Crippen MR) is 79.6 cm³/mol. The first-order valence-electron chi connectivity index (χ1n) is 6.34. The molecule has 2 N–H and O–H groups in total. The van der Waals surface area contributed by atoms with E-state index in [0.717, 1.165) is 17.8 Å². The smallest absolute Gasteiger partial charge is 0.128 e. The second-order valence-corrected chi connectivity index (χ2v) is 5.48. The van der Waals surface area contributed by atoms with Crippen LogP contribution in [-0.2, 0) is 19.9 Å². The highest BCUT2D eigenvalue weighted by molar-refractivity contribution is 6.32. The largest absolute Gasteiger partial charge is 0.324 e. The summed E-state index contributed by atoms with van der Waals surface area (Å²) in [5, 5.41) is 5.39. The zero-order valence-electron chi connectivity index (χ0n) is 11.3. The summed E-state index contributed by atoms with van der Waals surface area (Å²) in [7, 11) is 1.81. The van der Waals surface area contributed by atoms with Gasteiger partial charge in [0.15, 0.2) is 0 Å². The Morgan fingerprint density at radius 3 is 2.70 bits per heavy atom. The van der Waals surface area contributed by atoms with Gasteiger partial charge in [-0.15, -0.1) is 0 Å². The Kier molecular flexibility index (Phi) is 4.68. The maximum atomic E-state index is 13.8. The van der Waals surface area contributed by atoms with Gasteiger partial charge in [-0.25, -0.2) is 4.39 Å². The lowest BCUT2D eigenvalue weighted by molar-refractivity contribution is 0.569. The zero-order valence-corrected chi connectivity index (χ0v) is 12.8. The third-order valence-corrected chi connectivity index (χ3v) is 3.95. The second-order valence-electron chi connectivity index (χ2n) is 4.66. The van der Waals surface area contributed by atoms with Gasteiger partial charge in [0.25, 0.3) is 0 Å². The molecule has 108 valence electrons. The molecule has 0 fully saturated rings. The Morgan fingerprint density at radius 1 is 1.40 bits per heavy atom. The molecule has 1 aromatic carbocycles. The fourth-order valence-electron chi connectivity index (χ4n) is 2.16. The lowest BCUT2D eigenvalue weighted by Crippen LogP contribution is -2.17. The first kappa shape index (κ1) is 15.3. The number of aryl methyl sites for hydroxylation is 2. The summed E-state index contributed by atoms with van der Waals surface area (Å²) in [6.07, 6.45) is 1.15. The van der Waals surface area contributed by atoms with E-state index in [4.69, 9.17) is 28.9 Å². The number of hydrogen-bond donors (Lipinski definition) is 1. The second kappa shape index (κ2) is 6.12. The highest BCUT2D eigenvalue weighted by Crippen LogP contribution is 2.27. The summed E-state index contributed by atoms with van der Waals surface area (Å²) in [6, 6.07) is 3.84. The van der Waals surface area contributed by atoms with Gasteiger partial charge < -0.3 is 5.73 Å². The molecule has 1 aromatic heterocycles. The minimum Gasteiger partial charge on any atom is -0.324 e. The molecule has 0 radical (unpaired) electrons. The van der Waals surface area contributed by atoms with Gasteiger partial charge in [0.05, 0.1) is 16.4 Å². The van der Waals surface area contributed by atoms with Crippen LogP contribution in [0.15, 0.2) is 18.2 Å². The minimum atomic E-state index is -0.522. The average molecular weight is 316 g/mol. The SMILES string of the molecule is CCc1nn(C)c(CC(N)c2cc(Cl)ccc2F)c1Cl. The van der Waals surface area contributed by atoms with E-state index in [1.807, 2.05) is 6.92 Å². The summed E-state index contributed by atoms with van der Waals surface area (Å²) in [6.45, 7) is 1.98. The van der Waals surface area contributed by atoms with Crippen LogP contribution in [0, 0.1) is 5.82 Å². The number of nitrogens with zero attached hydrogens (tertiary/aromatic N) is 2. The van der Waals surface area contributed by atoms with Crippen molar-refractivity contribution in [3.8, 4) is 0 Å². The summed E-state index contributed by atoms with van der Waals surface area (Å²) in [5.74, 6) is -0.365. The molecule has 20 heavy (non-hydrogen) atoms. The van der Waals surface area contributed by atoms with Gasteiger partial charge in [0, 0.05) is 30.1 Å². The van der Waals surface area contributed by atoms with Crippen LogP contribution in [0.3, 0.4) is 0 Å². The van der Waals surface area contributed by atoms with E-state index >= 15 is 0 Å². The number of hydrogen-bond acceptors (Lipinski definition) is 2. The van der Waals surface area contributed by atoms with Gasteiger partial charge >= 0.3 is 0 Å². The minimum absolute atomic E-state index is 0.365. The number of halogens is 3. The third-order valence-electron chi connectivity index (χ3n) is 3.27. The van der Waals surface area contributed by atoms with Gasteiger partial charge in [-0.05, 0) is 24.6 Å². The van der Waals surface area contributed by atoms with Crippen LogP contribution < -0.4 is 5.73 Å². The Morgan fingerprint density at radius 2 is 2.10 bits per heavy atom. The molecule has 2 rings (SSSR count). The Bertz CT molecular complexity index is 625. The van der Waals surface area contributed by atoms with Crippen LogP contribution in [0.4, 0.5) is 4.39 Å². The molecule has 0 spiro atoms. The number of aromatic nitrogens is 2. The summed E-state index contributed by atoms with van der Waals surface area (Å²) in [4.78, 5) is 0. The molecule has 0 aliphatic heterocycles. The molecule has 3 nitrogen and oxygen atoms in total. The van der Waals surface area contributed by atoms with E-state index in [-0.39, 0.29) is 5.82 Å². The molecule has 0 aliphatic rings. The number of rotatable bonds is 4. The van der Waals surface area contributed by atoms with Crippen molar-refractivity contribution in [3.05, 3.63) is 51.0 Å². The van der Waals surface area contributed by atoms with Crippen molar-refractivity contribution in [2.75, 3.05) is 0 Å². The van der Waals surface area contributed by atoms with E-state index in [1.54, 1.807) is 17.8 Å². The lowest BCUT2D eigenvalue weighted by atomic mass is 10.0. The van der Waals surface area contributed by atoms with Crippen molar-refractivity contribution in [1.29, 1.82) is 0 Å². The molecule has 0 bridgehead atoms. The normalized spacial score (nSPS) is 12.7.